The quantitative estimate of drug-likeness (QED) is 0.688. The Morgan fingerprint density at radius 3 is 2.62 bits per heavy atom. The van der Waals surface area contributed by atoms with Gasteiger partial charge < -0.3 is 9.15 Å². The second-order valence-corrected chi connectivity index (χ2v) is 7.13. The molecule has 0 aromatic carbocycles. The molecule has 2 aromatic heterocycles. The maximum Gasteiger partial charge on any atom is 0.118 e. The van der Waals surface area contributed by atoms with Crippen LogP contribution in [0, 0.1) is 13.8 Å². The van der Waals surface area contributed by atoms with Gasteiger partial charge in [0.25, 0.3) is 0 Å². The zero-order chi connectivity index (χ0) is 18.4. The van der Waals surface area contributed by atoms with E-state index in [0.717, 1.165) is 82.7 Å². The van der Waals surface area contributed by atoms with Gasteiger partial charge in [-0.25, -0.2) is 0 Å². The second-order valence-electron chi connectivity index (χ2n) is 7.13. The monoisotopic (exact) mass is 360 g/mol. The van der Waals surface area contributed by atoms with Crippen LogP contribution in [0.25, 0.3) is 0 Å². The maximum absolute atomic E-state index is 5.82. The Morgan fingerprint density at radius 2 is 1.96 bits per heavy atom. The van der Waals surface area contributed by atoms with Crippen molar-refractivity contribution in [3.63, 3.8) is 0 Å². The van der Waals surface area contributed by atoms with E-state index in [0.29, 0.717) is 0 Å². The number of hydrogen-bond acceptors (Lipinski definition) is 5. The highest BCUT2D eigenvalue weighted by molar-refractivity contribution is 5.15. The largest absolute Gasteiger partial charge is 0.465 e. The molecular weight excluding hydrogens is 328 g/mol. The average molecular weight is 361 g/mol. The minimum atomic E-state index is 0.841. The number of rotatable bonds is 9. The van der Waals surface area contributed by atoms with E-state index in [1.807, 2.05) is 17.7 Å². The first-order valence-electron chi connectivity index (χ1n) is 9.74. The molecule has 6 heteroatoms. The molecule has 1 saturated heterocycles. The van der Waals surface area contributed by atoms with Crippen molar-refractivity contribution in [2.24, 2.45) is 0 Å². The van der Waals surface area contributed by atoms with Gasteiger partial charge in [0.1, 0.15) is 11.5 Å². The lowest BCUT2D eigenvalue weighted by Gasteiger charge is -2.28. The van der Waals surface area contributed by atoms with Crippen LogP contribution in [0.2, 0.25) is 0 Å². The third-order valence-corrected chi connectivity index (χ3v) is 4.99. The third kappa shape index (κ3) is 5.43. The number of nitrogens with zero attached hydrogens (tertiary/aromatic N) is 4. The minimum absolute atomic E-state index is 0.841. The molecule has 6 nitrogen and oxygen atoms in total. The van der Waals surface area contributed by atoms with Gasteiger partial charge in [-0.1, -0.05) is 0 Å². The minimum Gasteiger partial charge on any atom is -0.465 e. The van der Waals surface area contributed by atoms with E-state index >= 15 is 0 Å². The van der Waals surface area contributed by atoms with Gasteiger partial charge in [-0.3, -0.25) is 14.5 Å². The first-order chi connectivity index (χ1) is 12.6. The zero-order valence-electron chi connectivity index (χ0n) is 16.4. The molecule has 0 radical (unpaired) electrons. The molecule has 0 atom stereocenters. The summed E-state index contributed by atoms with van der Waals surface area (Å²) in [7, 11) is 0. The van der Waals surface area contributed by atoms with E-state index in [1.54, 1.807) is 0 Å². The molecule has 0 saturated carbocycles. The highest BCUT2D eigenvalue weighted by Crippen LogP contribution is 2.15. The number of hydrogen-bond donors (Lipinski definition) is 0. The number of furan rings is 1. The van der Waals surface area contributed by atoms with E-state index in [-0.39, 0.29) is 0 Å². The smallest absolute Gasteiger partial charge is 0.118 e. The second kappa shape index (κ2) is 9.35. The first-order valence-corrected chi connectivity index (χ1v) is 9.74. The van der Waals surface area contributed by atoms with Gasteiger partial charge in [-0.2, -0.15) is 5.10 Å². The van der Waals surface area contributed by atoms with Crippen LogP contribution in [0.5, 0.6) is 0 Å². The van der Waals surface area contributed by atoms with E-state index in [9.17, 15) is 0 Å². The summed E-state index contributed by atoms with van der Waals surface area (Å²) in [6, 6.07) is 4.13. The van der Waals surface area contributed by atoms with Crippen LogP contribution in [0.1, 0.15) is 36.1 Å². The normalized spacial score (nSPS) is 15.8. The van der Waals surface area contributed by atoms with Gasteiger partial charge >= 0.3 is 0 Å². The van der Waals surface area contributed by atoms with Gasteiger partial charge in [0.2, 0.25) is 0 Å². The highest BCUT2D eigenvalue weighted by atomic mass is 16.5. The van der Waals surface area contributed by atoms with Crippen molar-refractivity contribution in [1.82, 2.24) is 19.6 Å². The molecule has 0 spiro atoms. The summed E-state index contributed by atoms with van der Waals surface area (Å²) in [4.78, 5) is 4.97. The number of aromatic nitrogens is 2. The van der Waals surface area contributed by atoms with Gasteiger partial charge in [-0.05, 0) is 45.9 Å². The van der Waals surface area contributed by atoms with Crippen LogP contribution in [-0.2, 0) is 24.4 Å². The van der Waals surface area contributed by atoms with Crippen molar-refractivity contribution in [2.75, 3.05) is 39.4 Å². The molecule has 0 bridgehead atoms. The molecule has 0 N–H and O–H groups in total. The molecule has 0 amide bonds. The van der Waals surface area contributed by atoms with Crippen molar-refractivity contribution in [3.05, 3.63) is 41.1 Å². The van der Waals surface area contributed by atoms with Crippen LogP contribution in [0.4, 0.5) is 0 Å². The van der Waals surface area contributed by atoms with E-state index in [2.05, 4.69) is 41.0 Å². The lowest BCUT2D eigenvalue weighted by molar-refractivity contribution is 0.0358. The molecule has 1 fully saturated rings. The van der Waals surface area contributed by atoms with Crippen LogP contribution in [0.15, 0.2) is 22.7 Å². The van der Waals surface area contributed by atoms with Gasteiger partial charge in [-0.15, -0.1) is 0 Å². The predicted octanol–water partition coefficient (Wildman–Crippen LogP) is 2.84. The van der Waals surface area contributed by atoms with E-state index in [1.165, 1.54) is 5.56 Å². The van der Waals surface area contributed by atoms with Crippen molar-refractivity contribution in [2.45, 2.75) is 46.8 Å². The topological polar surface area (TPSA) is 46.7 Å². The molecule has 0 aliphatic carbocycles. The molecule has 1 aliphatic heterocycles. The predicted molar refractivity (Wildman–Crippen MR) is 102 cm³/mol. The molecule has 0 unspecified atom stereocenters. The van der Waals surface area contributed by atoms with E-state index in [4.69, 9.17) is 9.15 Å². The lowest BCUT2D eigenvalue weighted by Crippen LogP contribution is -2.38. The Kier molecular flexibility index (Phi) is 6.88. The molecule has 1 aliphatic rings. The Bertz CT molecular complexity index is 673. The summed E-state index contributed by atoms with van der Waals surface area (Å²) in [5, 5.41) is 4.59. The summed E-state index contributed by atoms with van der Waals surface area (Å²) in [5.41, 5.74) is 2.43. The molecule has 26 heavy (non-hydrogen) atoms. The Labute approximate surface area is 156 Å². The molecule has 2 aromatic rings. The summed E-state index contributed by atoms with van der Waals surface area (Å²) in [6.45, 7) is 14.9. The average Bonchev–Trinajstić information content (AvgIpc) is 3.21. The summed E-state index contributed by atoms with van der Waals surface area (Å²) in [6.07, 6.45) is 3.33. The Balaban J connectivity index is 1.59. The number of aryl methyl sites for hydroxylation is 3. The van der Waals surface area contributed by atoms with Crippen molar-refractivity contribution >= 4 is 0 Å². The molecule has 144 valence electrons. The van der Waals surface area contributed by atoms with Crippen LogP contribution >= 0.6 is 0 Å². The van der Waals surface area contributed by atoms with Gasteiger partial charge in [0, 0.05) is 44.5 Å². The number of morpholine rings is 1. The zero-order valence-corrected chi connectivity index (χ0v) is 16.4. The van der Waals surface area contributed by atoms with Crippen molar-refractivity contribution in [1.29, 1.82) is 0 Å². The Hall–Kier alpha value is -1.63. The fourth-order valence-corrected chi connectivity index (χ4v) is 3.46. The SMILES string of the molecule is CCn1cc(CN(CCCN2CCOCC2)Cc2ccc(C)o2)c(C)n1. The molecule has 3 rings (SSSR count). The van der Waals surface area contributed by atoms with Crippen molar-refractivity contribution in [3.8, 4) is 0 Å². The summed E-state index contributed by atoms with van der Waals surface area (Å²) in [5.74, 6) is 2.01. The third-order valence-electron chi connectivity index (χ3n) is 4.99. The fourth-order valence-electron chi connectivity index (χ4n) is 3.46. The first kappa shape index (κ1) is 19.1. The summed E-state index contributed by atoms with van der Waals surface area (Å²) < 4.78 is 13.3. The molecule has 3 heterocycles. The highest BCUT2D eigenvalue weighted by Gasteiger charge is 2.15. The van der Waals surface area contributed by atoms with Crippen LogP contribution in [-0.4, -0.2) is 59.0 Å². The fraction of sp³-hybridized carbons (Fsp3) is 0.650. The van der Waals surface area contributed by atoms with Crippen molar-refractivity contribution < 1.29 is 9.15 Å². The lowest BCUT2D eigenvalue weighted by atomic mass is 10.2. The van der Waals surface area contributed by atoms with Gasteiger partial charge in [0.15, 0.2) is 0 Å². The standard InChI is InChI=1S/C20H32N4O2/c1-4-24-15-19(18(3)21-24)14-23(16-20-7-6-17(2)26-20)9-5-8-22-10-12-25-13-11-22/h6-7,15H,4-5,8-14,16H2,1-3H3. The van der Waals surface area contributed by atoms with E-state index < -0.39 is 0 Å². The van der Waals surface area contributed by atoms with Crippen LogP contribution in [0.3, 0.4) is 0 Å². The van der Waals surface area contributed by atoms with Crippen LogP contribution < -0.4 is 0 Å². The molecular formula is C20H32N4O2. The number of ether oxygens (including phenoxy) is 1. The summed E-state index contributed by atoms with van der Waals surface area (Å²) >= 11 is 0. The maximum atomic E-state index is 5.82. The van der Waals surface area contributed by atoms with Gasteiger partial charge in [0.05, 0.1) is 25.5 Å². The Morgan fingerprint density at radius 1 is 1.15 bits per heavy atom.